The summed E-state index contributed by atoms with van der Waals surface area (Å²) >= 11 is 0. The Hall–Kier alpha value is -3.27. The van der Waals surface area contributed by atoms with Gasteiger partial charge in [0, 0.05) is 34.0 Å². The first-order chi connectivity index (χ1) is 14.0. The van der Waals surface area contributed by atoms with E-state index in [1.165, 1.54) is 22.0 Å². The Kier molecular flexibility index (Phi) is 5.01. The molecule has 1 atom stereocenters. The Balaban J connectivity index is 1.57. The highest BCUT2D eigenvalue weighted by Gasteiger charge is 2.16. The number of para-hydroxylation sites is 1. The second-order valence-corrected chi connectivity index (χ2v) is 7.49. The van der Waals surface area contributed by atoms with Crippen LogP contribution in [0.3, 0.4) is 0 Å². The number of ether oxygens (including phenoxy) is 1. The maximum Gasteiger partial charge on any atom is 0.265 e. The molecule has 0 radical (unpaired) electrons. The van der Waals surface area contributed by atoms with Gasteiger partial charge in [0.05, 0.1) is 0 Å². The molecule has 0 unspecified atom stereocenters. The van der Waals surface area contributed by atoms with Crippen LogP contribution in [0.15, 0.2) is 60.7 Å². The number of amides is 1. The van der Waals surface area contributed by atoms with Crippen LogP contribution in [-0.4, -0.2) is 16.6 Å². The number of aryl methyl sites for hydroxylation is 3. The Morgan fingerprint density at radius 1 is 0.966 bits per heavy atom. The Morgan fingerprint density at radius 2 is 1.72 bits per heavy atom. The molecule has 4 heteroatoms. The molecular weight excluding hydrogens is 360 g/mol. The summed E-state index contributed by atoms with van der Waals surface area (Å²) in [7, 11) is 0. The van der Waals surface area contributed by atoms with Crippen LogP contribution < -0.4 is 10.1 Å². The van der Waals surface area contributed by atoms with E-state index in [9.17, 15) is 4.79 Å². The predicted molar refractivity (Wildman–Crippen MR) is 120 cm³/mol. The second-order valence-electron chi connectivity index (χ2n) is 7.49. The normalized spacial score (nSPS) is 12.3. The van der Waals surface area contributed by atoms with Gasteiger partial charge in [0.2, 0.25) is 0 Å². The maximum absolute atomic E-state index is 12.7. The van der Waals surface area contributed by atoms with Crippen LogP contribution in [0, 0.1) is 13.8 Å². The van der Waals surface area contributed by atoms with Crippen molar-refractivity contribution in [2.24, 2.45) is 0 Å². The topological polar surface area (TPSA) is 43.3 Å². The van der Waals surface area contributed by atoms with Crippen LogP contribution >= 0.6 is 0 Å². The van der Waals surface area contributed by atoms with Gasteiger partial charge in [-0.3, -0.25) is 4.79 Å². The van der Waals surface area contributed by atoms with E-state index in [4.69, 9.17) is 4.74 Å². The molecule has 0 aliphatic carbocycles. The summed E-state index contributed by atoms with van der Waals surface area (Å²) in [6.07, 6.45) is -0.593. The molecule has 0 saturated heterocycles. The van der Waals surface area contributed by atoms with Crippen LogP contribution in [0.1, 0.15) is 25.0 Å². The van der Waals surface area contributed by atoms with E-state index in [0.29, 0.717) is 5.75 Å². The molecule has 0 spiro atoms. The first-order valence-corrected chi connectivity index (χ1v) is 10.0. The van der Waals surface area contributed by atoms with Crippen LogP contribution in [0.25, 0.3) is 21.8 Å². The van der Waals surface area contributed by atoms with Crippen molar-refractivity contribution < 1.29 is 9.53 Å². The van der Waals surface area contributed by atoms with Crippen molar-refractivity contribution in [1.82, 2.24) is 4.57 Å². The summed E-state index contributed by atoms with van der Waals surface area (Å²) in [6.45, 7) is 8.91. The quantitative estimate of drug-likeness (QED) is 0.468. The lowest BCUT2D eigenvalue weighted by atomic mass is 10.1. The van der Waals surface area contributed by atoms with Crippen LogP contribution in [-0.2, 0) is 11.3 Å². The molecule has 1 N–H and O–H groups in total. The first-order valence-electron chi connectivity index (χ1n) is 10.0. The first kappa shape index (κ1) is 19.1. The van der Waals surface area contributed by atoms with E-state index in [-0.39, 0.29) is 5.91 Å². The highest BCUT2D eigenvalue weighted by molar-refractivity contribution is 6.10. The highest BCUT2D eigenvalue weighted by Crippen LogP contribution is 2.31. The van der Waals surface area contributed by atoms with Gasteiger partial charge in [-0.1, -0.05) is 24.3 Å². The van der Waals surface area contributed by atoms with Gasteiger partial charge in [-0.15, -0.1) is 0 Å². The molecule has 1 amide bonds. The highest BCUT2D eigenvalue weighted by atomic mass is 16.5. The van der Waals surface area contributed by atoms with E-state index in [2.05, 4.69) is 48.0 Å². The second kappa shape index (κ2) is 7.63. The zero-order chi connectivity index (χ0) is 20.5. The molecule has 3 aromatic carbocycles. The fourth-order valence-corrected chi connectivity index (χ4v) is 3.76. The molecule has 4 aromatic rings. The van der Waals surface area contributed by atoms with Gasteiger partial charge in [-0.25, -0.2) is 0 Å². The number of fused-ring (bicyclic) bond motifs is 3. The molecule has 4 nitrogen and oxygen atoms in total. The lowest BCUT2D eigenvalue weighted by molar-refractivity contribution is -0.122. The summed E-state index contributed by atoms with van der Waals surface area (Å²) in [5, 5.41) is 5.33. The van der Waals surface area contributed by atoms with Gasteiger partial charge in [0.1, 0.15) is 5.75 Å². The number of aromatic nitrogens is 1. The Bertz CT molecular complexity index is 1210. The number of hydrogen-bond acceptors (Lipinski definition) is 2. The minimum absolute atomic E-state index is 0.165. The van der Waals surface area contributed by atoms with Crippen molar-refractivity contribution >= 4 is 33.4 Å². The summed E-state index contributed by atoms with van der Waals surface area (Å²) < 4.78 is 8.14. The zero-order valence-corrected chi connectivity index (χ0v) is 17.3. The van der Waals surface area contributed by atoms with E-state index >= 15 is 0 Å². The average Bonchev–Trinajstić information content (AvgIpc) is 3.03. The van der Waals surface area contributed by atoms with Gasteiger partial charge in [-0.05, 0) is 75.2 Å². The number of carbonyl (C=O) groups is 1. The molecule has 0 fully saturated rings. The molecule has 4 rings (SSSR count). The van der Waals surface area contributed by atoms with E-state index in [0.717, 1.165) is 23.2 Å². The molecule has 1 aromatic heterocycles. The molecule has 148 valence electrons. The third kappa shape index (κ3) is 3.58. The Labute approximate surface area is 171 Å². The standard InChI is InChI=1S/C25H26N2O2/c1-5-27-23-9-7-6-8-21(23)22-15-19(11-13-24(22)27)26-25(28)18(4)29-20-12-10-16(2)17(3)14-20/h6-15,18H,5H2,1-4H3,(H,26,28)/t18-/m1/s1. The lowest BCUT2D eigenvalue weighted by Gasteiger charge is -2.16. The smallest absolute Gasteiger partial charge is 0.265 e. The fraction of sp³-hybridized carbons (Fsp3) is 0.240. The van der Waals surface area contributed by atoms with Crippen molar-refractivity contribution in [3.05, 3.63) is 71.8 Å². The fourth-order valence-electron chi connectivity index (χ4n) is 3.76. The van der Waals surface area contributed by atoms with Crippen molar-refractivity contribution in [2.75, 3.05) is 5.32 Å². The third-order valence-corrected chi connectivity index (χ3v) is 5.52. The summed E-state index contributed by atoms with van der Waals surface area (Å²) in [4.78, 5) is 12.7. The van der Waals surface area contributed by atoms with Crippen LogP contribution in [0.5, 0.6) is 5.75 Å². The number of hydrogen-bond donors (Lipinski definition) is 1. The Morgan fingerprint density at radius 3 is 2.48 bits per heavy atom. The van der Waals surface area contributed by atoms with Gasteiger partial charge >= 0.3 is 0 Å². The third-order valence-electron chi connectivity index (χ3n) is 5.52. The number of nitrogens with zero attached hydrogens (tertiary/aromatic N) is 1. The minimum atomic E-state index is -0.593. The van der Waals surface area contributed by atoms with Crippen molar-refractivity contribution in [3.8, 4) is 5.75 Å². The van der Waals surface area contributed by atoms with Gasteiger partial charge in [0.25, 0.3) is 5.91 Å². The van der Waals surface area contributed by atoms with Gasteiger partial charge in [0.15, 0.2) is 6.10 Å². The predicted octanol–water partition coefficient (Wildman–Crippen LogP) is 5.84. The molecule has 0 aliphatic heterocycles. The number of anilines is 1. The van der Waals surface area contributed by atoms with Crippen molar-refractivity contribution in [2.45, 2.75) is 40.3 Å². The van der Waals surface area contributed by atoms with E-state index < -0.39 is 6.10 Å². The number of benzene rings is 3. The van der Waals surface area contributed by atoms with Gasteiger partial charge < -0.3 is 14.6 Å². The van der Waals surface area contributed by atoms with Gasteiger partial charge in [-0.2, -0.15) is 0 Å². The molecule has 0 bridgehead atoms. The van der Waals surface area contributed by atoms with Crippen molar-refractivity contribution in [1.29, 1.82) is 0 Å². The maximum atomic E-state index is 12.7. The monoisotopic (exact) mass is 386 g/mol. The zero-order valence-electron chi connectivity index (χ0n) is 17.3. The molecule has 1 heterocycles. The summed E-state index contributed by atoms with van der Waals surface area (Å²) in [6, 6.07) is 20.3. The molecule has 0 saturated carbocycles. The molecule has 29 heavy (non-hydrogen) atoms. The van der Waals surface area contributed by atoms with Crippen molar-refractivity contribution in [3.63, 3.8) is 0 Å². The van der Waals surface area contributed by atoms with E-state index in [1.54, 1.807) is 6.92 Å². The summed E-state index contributed by atoms with van der Waals surface area (Å²) in [5.74, 6) is 0.541. The SMILES string of the molecule is CCn1c2ccccc2c2cc(NC(=O)[C@@H](C)Oc3ccc(C)c(C)c3)ccc21. The molecule has 0 aliphatic rings. The average molecular weight is 386 g/mol. The number of nitrogens with one attached hydrogen (secondary N) is 1. The van der Waals surface area contributed by atoms with E-state index in [1.807, 2.05) is 43.3 Å². The molecular formula is C25H26N2O2. The minimum Gasteiger partial charge on any atom is -0.481 e. The largest absolute Gasteiger partial charge is 0.481 e. The number of carbonyl (C=O) groups excluding carboxylic acids is 1. The lowest BCUT2D eigenvalue weighted by Crippen LogP contribution is -2.30. The van der Waals surface area contributed by atoms with Crippen LogP contribution in [0.4, 0.5) is 5.69 Å². The van der Waals surface area contributed by atoms with Crippen LogP contribution in [0.2, 0.25) is 0 Å². The number of rotatable bonds is 5. The summed E-state index contributed by atoms with van der Waals surface area (Å²) in [5.41, 5.74) is 5.50.